The highest BCUT2D eigenvalue weighted by atomic mass is 32.1. The fraction of sp³-hybridized carbons (Fsp3) is 0.368. The SMILES string of the molecule is O=C(NCCC(=O)N1CCN(Cc2ccccc2)CC1)c1ccsc1. The van der Waals surface area contributed by atoms with E-state index in [4.69, 9.17) is 0 Å². The Bertz CT molecular complexity index is 680. The van der Waals surface area contributed by atoms with Gasteiger partial charge in [0, 0.05) is 56.6 Å². The fourth-order valence-corrected chi connectivity index (χ4v) is 3.57. The van der Waals surface area contributed by atoms with Gasteiger partial charge in [-0.3, -0.25) is 14.5 Å². The first-order valence-corrected chi connectivity index (χ1v) is 9.51. The van der Waals surface area contributed by atoms with Crippen molar-refractivity contribution < 1.29 is 9.59 Å². The normalized spacial score (nSPS) is 15.1. The van der Waals surface area contributed by atoms with Gasteiger partial charge in [0.05, 0.1) is 0 Å². The van der Waals surface area contributed by atoms with Crippen LogP contribution in [0.15, 0.2) is 47.2 Å². The van der Waals surface area contributed by atoms with Crippen molar-refractivity contribution in [2.24, 2.45) is 0 Å². The lowest BCUT2D eigenvalue weighted by molar-refractivity contribution is -0.132. The van der Waals surface area contributed by atoms with Crippen molar-refractivity contribution in [2.45, 2.75) is 13.0 Å². The highest BCUT2D eigenvalue weighted by Crippen LogP contribution is 2.09. The van der Waals surface area contributed by atoms with E-state index in [1.54, 1.807) is 6.07 Å². The van der Waals surface area contributed by atoms with Gasteiger partial charge in [0.2, 0.25) is 5.91 Å². The molecule has 1 aromatic carbocycles. The van der Waals surface area contributed by atoms with Crippen molar-refractivity contribution in [2.75, 3.05) is 32.7 Å². The molecular formula is C19H23N3O2S. The van der Waals surface area contributed by atoms with Gasteiger partial charge in [-0.2, -0.15) is 11.3 Å². The number of carbonyl (C=O) groups is 2. The lowest BCUT2D eigenvalue weighted by Gasteiger charge is -2.34. The van der Waals surface area contributed by atoms with Crippen molar-refractivity contribution in [3.63, 3.8) is 0 Å². The van der Waals surface area contributed by atoms with E-state index in [0.29, 0.717) is 18.5 Å². The zero-order chi connectivity index (χ0) is 17.5. The van der Waals surface area contributed by atoms with Gasteiger partial charge >= 0.3 is 0 Å². The van der Waals surface area contributed by atoms with Gasteiger partial charge in [-0.25, -0.2) is 0 Å². The van der Waals surface area contributed by atoms with Crippen LogP contribution in [0.5, 0.6) is 0 Å². The molecule has 0 spiro atoms. The number of hydrogen-bond acceptors (Lipinski definition) is 4. The van der Waals surface area contributed by atoms with E-state index >= 15 is 0 Å². The fourth-order valence-electron chi connectivity index (χ4n) is 2.93. The molecule has 0 atom stereocenters. The summed E-state index contributed by atoms with van der Waals surface area (Å²) >= 11 is 1.49. The van der Waals surface area contributed by atoms with E-state index in [2.05, 4.69) is 34.5 Å². The first-order valence-electron chi connectivity index (χ1n) is 8.57. The molecule has 25 heavy (non-hydrogen) atoms. The Balaban J connectivity index is 1.36. The molecule has 2 amide bonds. The zero-order valence-electron chi connectivity index (χ0n) is 14.2. The molecule has 1 aliphatic rings. The van der Waals surface area contributed by atoms with Crippen molar-refractivity contribution >= 4 is 23.2 Å². The van der Waals surface area contributed by atoms with Gasteiger partial charge in [0.1, 0.15) is 0 Å². The van der Waals surface area contributed by atoms with E-state index < -0.39 is 0 Å². The molecule has 6 heteroatoms. The van der Waals surface area contributed by atoms with Crippen molar-refractivity contribution in [1.29, 1.82) is 0 Å². The van der Waals surface area contributed by atoms with Gasteiger partial charge in [-0.05, 0) is 17.0 Å². The summed E-state index contributed by atoms with van der Waals surface area (Å²) < 4.78 is 0. The Labute approximate surface area is 152 Å². The number of amides is 2. The topological polar surface area (TPSA) is 52.7 Å². The molecule has 1 aliphatic heterocycles. The van der Waals surface area contributed by atoms with E-state index in [0.717, 1.165) is 32.7 Å². The van der Waals surface area contributed by atoms with Crippen LogP contribution in [-0.4, -0.2) is 54.3 Å². The van der Waals surface area contributed by atoms with Crippen LogP contribution in [0.1, 0.15) is 22.3 Å². The zero-order valence-corrected chi connectivity index (χ0v) is 15.0. The van der Waals surface area contributed by atoms with Crippen LogP contribution in [0.3, 0.4) is 0 Å². The Morgan fingerprint density at radius 2 is 1.80 bits per heavy atom. The molecular weight excluding hydrogens is 334 g/mol. The van der Waals surface area contributed by atoms with E-state index in [1.165, 1.54) is 16.9 Å². The van der Waals surface area contributed by atoms with E-state index in [1.807, 2.05) is 21.7 Å². The summed E-state index contributed by atoms with van der Waals surface area (Å²) in [5, 5.41) is 6.48. The number of rotatable bonds is 6. The predicted molar refractivity (Wildman–Crippen MR) is 99.6 cm³/mol. The first kappa shape index (κ1) is 17.6. The third kappa shape index (κ3) is 5.14. The summed E-state index contributed by atoms with van der Waals surface area (Å²) in [5.41, 5.74) is 1.96. The number of thiophene rings is 1. The van der Waals surface area contributed by atoms with Crippen LogP contribution < -0.4 is 5.32 Å². The number of piperazine rings is 1. The molecule has 0 bridgehead atoms. The molecule has 1 aromatic heterocycles. The average molecular weight is 357 g/mol. The second kappa shape index (κ2) is 8.78. The number of nitrogens with zero attached hydrogens (tertiary/aromatic N) is 2. The predicted octanol–water partition coefficient (Wildman–Crippen LogP) is 2.21. The Hall–Kier alpha value is -2.18. The highest BCUT2D eigenvalue weighted by molar-refractivity contribution is 7.08. The molecule has 2 heterocycles. The van der Waals surface area contributed by atoms with E-state index in [-0.39, 0.29) is 11.8 Å². The summed E-state index contributed by atoms with van der Waals surface area (Å²) in [6.07, 6.45) is 0.356. The van der Waals surface area contributed by atoms with Crippen LogP contribution >= 0.6 is 11.3 Å². The number of carbonyl (C=O) groups excluding carboxylic acids is 2. The third-order valence-corrected chi connectivity index (χ3v) is 5.07. The Morgan fingerprint density at radius 1 is 1.04 bits per heavy atom. The monoisotopic (exact) mass is 357 g/mol. The molecule has 1 N–H and O–H groups in total. The summed E-state index contributed by atoms with van der Waals surface area (Å²) in [6, 6.07) is 12.2. The number of benzene rings is 1. The highest BCUT2D eigenvalue weighted by Gasteiger charge is 2.20. The standard InChI is InChI=1S/C19H23N3O2S/c23-18(6-8-20-19(24)17-7-13-25-15-17)22-11-9-21(10-12-22)14-16-4-2-1-3-5-16/h1-5,7,13,15H,6,8-12,14H2,(H,20,24). The van der Waals surface area contributed by atoms with Crippen molar-refractivity contribution in [1.82, 2.24) is 15.1 Å². The minimum Gasteiger partial charge on any atom is -0.351 e. The summed E-state index contributed by atoms with van der Waals surface area (Å²) in [6.45, 7) is 4.61. The van der Waals surface area contributed by atoms with Crippen molar-refractivity contribution in [3.8, 4) is 0 Å². The van der Waals surface area contributed by atoms with Gasteiger partial charge < -0.3 is 10.2 Å². The van der Waals surface area contributed by atoms with Gasteiger partial charge in [0.15, 0.2) is 0 Å². The maximum atomic E-state index is 12.3. The average Bonchev–Trinajstić information content (AvgIpc) is 3.18. The van der Waals surface area contributed by atoms with Crippen LogP contribution in [0.2, 0.25) is 0 Å². The molecule has 132 valence electrons. The van der Waals surface area contributed by atoms with Crippen molar-refractivity contribution in [3.05, 3.63) is 58.3 Å². The Morgan fingerprint density at radius 3 is 2.48 bits per heavy atom. The number of nitrogens with one attached hydrogen (secondary N) is 1. The summed E-state index contributed by atoms with van der Waals surface area (Å²) in [5.74, 6) is 0.00621. The quantitative estimate of drug-likeness (QED) is 0.862. The van der Waals surface area contributed by atoms with E-state index in [9.17, 15) is 9.59 Å². The summed E-state index contributed by atoms with van der Waals surface area (Å²) in [4.78, 5) is 28.4. The Kier molecular flexibility index (Phi) is 6.19. The molecule has 0 saturated carbocycles. The molecule has 1 saturated heterocycles. The second-order valence-corrected chi connectivity index (χ2v) is 6.94. The first-order chi connectivity index (χ1) is 12.2. The molecule has 2 aromatic rings. The largest absolute Gasteiger partial charge is 0.351 e. The second-order valence-electron chi connectivity index (χ2n) is 6.16. The lowest BCUT2D eigenvalue weighted by Crippen LogP contribution is -2.48. The van der Waals surface area contributed by atoms with Crippen LogP contribution in [-0.2, 0) is 11.3 Å². The molecule has 0 aliphatic carbocycles. The summed E-state index contributed by atoms with van der Waals surface area (Å²) in [7, 11) is 0. The minimum absolute atomic E-state index is 0.110. The van der Waals surface area contributed by atoms with Gasteiger partial charge in [-0.1, -0.05) is 30.3 Å². The molecule has 0 radical (unpaired) electrons. The smallest absolute Gasteiger partial charge is 0.252 e. The molecule has 3 rings (SSSR count). The molecule has 1 fully saturated rings. The lowest BCUT2D eigenvalue weighted by atomic mass is 10.2. The van der Waals surface area contributed by atoms with Gasteiger partial charge in [0.25, 0.3) is 5.91 Å². The van der Waals surface area contributed by atoms with Crippen LogP contribution in [0.4, 0.5) is 0 Å². The van der Waals surface area contributed by atoms with Gasteiger partial charge in [-0.15, -0.1) is 0 Å². The molecule has 0 unspecified atom stereocenters. The maximum Gasteiger partial charge on any atom is 0.252 e. The maximum absolute atomic E-state index is 12.3. The molecule has 5 nitrogen and oxygen atoms in total. The van der Waals surface area contributed by atoms with Crippen LogP contribution in [0, 0.1) is 0 Å². The van der Waals surface area contributed by atoms with Crippen LogP contribution in [0.25, 0.3) is 0 Å². The number of hydrogen-bond donors (Lipinski definition) is 1. The third-order valence-electron chi connectivity index (χ3n) is 4.38. The minimum atomic E-state index is -0.110.